The first-order chi connectivity index (χ1) is 8.19. The fourth-order valence-electron chi connectivity index (χ4n) is 2.10. The van der Waals surface area contributed by atoms with Gasteiger partial charge >= 0.3 is 0 Å². The van der Waals surface area contributed by atoms with E-state index in [1.54, 1.807) is 11.3 Å². The molecule has 0 fully saturated rings. The predicted molar refractivity (Wildman–Crippen MR) is 73.4 cm³/mol. The molecular weight excluding hydrogens is 232 g/mol. The molecule has 1 rings (SSSR count). The Hall–Kier alpha value is -0.450. The van der Waals surface area contributed by atoms with Crippen molar-refractivity contribution < 1.29 is 5.11 Å². The summed E-state index contributed by atoms with van der Waals surface area (Å²) in [5.41, 5.74) is 3.03. The molecule has 2 N–H and O–H groups in total. The van der Waals surface area contributed by atoms with E-state index in [0.717, 1.165) is 18.7 Å². The van der Waals surface area contributed by atoms with E-state index in [1.807, 2.05) is 5.51 Å². The molecule has 0 radical (unpaired) electrons. The largest absolute Gasteiger partial charge is 0.396 e. The van der Waals surface area contributed by atoms with Gasteiger partial charge in [-0.2, -0.15) is 0 Å². The molecule has 0 saturated carbocycles. The Labute approximate surface area is 108 Å². The number of nitrogens with one attached hydrogen (secondary N) is 1. The maximum Gasteiger partial charge on any atom is 0.0798 e. The van der Waals surface area contributed by atoms with Crippen molar-refractivity contribution in [3.63, 3.8) is 0 Å². The predicted octanol–water partition coefficient (Wildman–Crippen LogP) is 2.90. The molecule has 1 heterocycles. The van der Waals surface area contributed by atoms with Gasteiger partial charge in [0.2, 0.25) is 0 Å². The van der Waals surface area contributed by atoms with Gasteiger partial charge in [0.15, 0.2) is 0 Å². The molecule has 98 valence electrons. The Morgan fingerprint density at radius 3 is 2.76 bits per heavy atom. The Kier molecular flexibility index (Phi) is 6.70. The van der Waals surface area contributed by atoms with Crippen molar-refractivity contribution in [1.82, 2.24) is 10.3 Å². The van der Waals surface area contributed by atoms with Crippen LogP contribution in [0, 0.1) is 12.8 Å². The first-order valence-electron chi connectivity index (χ1n) is 6.43. The van der Waals surface area contributed by atoms with Gasteiger partial charge in [0.05, 0.1) is 11.2 Å². The molecule has 0 aliphatic rings. The number of rotatable bonds is 8. The van der Waals surface area contributed by atoms with Crippen molar-refractivity contribution in [3.8, 4) is 0 Å². The maximum atomic E-state index is 9.02. The molecule has 0 amide bonds. The number of aromatic nitrogens is 1. The van der Waals surface area contributed by atoms with Gasteiger partial charge in [0.1, 0.15) is 0 Å². The number of aliphatic hydroxyl groups is 1. The average Bonchev–Trinajstić information content (AvgIpc) is 2.72. The van der Waals surface area contributed by atoms with Gasteiger partial charge in [0, 0.05) is 17.5 Å². The van der Waals surface area contributed by atoms with Crippen molar-refractivity contribution in [3.05, 3.63) is 16.1 Å². The Bertz CT molecular complexity index is 308. The van der Waals surface area contributed by atoms with E-state index < -0.39 is 0 Å². The lowest BCUT2D eigenvalue weighted by Crippen LogP contribution is -2.26. The van der Waals surface area contributed by atoms with Crippen molar-refractivity contribution in [1.29, 1.82) is 0 Å². The van der Waals surface area contributed by atoms with Gasteiger partial charge in [-0.15, -0.1) is 11.3 Å². The zero-order valence-electron chi connectivity index (χ0n) is 11.1. The topological polar surface area (TPSA) is 45.1 Å². The standard InChI is InChI=1S/C13H24N2OS/c1-4-5-12(6-7-16)8-14-10(2)13-11(3)15-9-17-13/h9-10,12,14,16H,4-8H2,1-3H3. The van der Waals surface area contributed by atoms with Crippen LogP contribution < -0.4 is 5.32 Å². The molecule has 0 aliphatic heterocycles. The van der Waals surface area contributed by atoms with Gasteiger partial charge < -0.3 is 10.4 Å². The summed E-state index contributed by atoms with van der Waals surface area (Å²) < 4.78 is 0. The van der Waals surface area contributed by atoms with Crippen LogP contribution in [0.5, 0.6) is 0 Å². The molecule has 2 atom stereocenters. The highest BCUT2D eigenvalue weighted by molar-refractivity contribution is 7.09. The van der Waals surface area contributed by atoms with Crippen molar-refractivity contribution >= 4 is 11.3 Å². The maximum absolute atomic E-state index is 9.02. The van der Waals surface area contributed by atoms with Gasteiger partial charge in [-0.05, 0) is 39.2 Å². The van der Waals surface area contributed by atoms with Crippen LogP contribution in [-0.2, 0) is 0 Å². The van der Waals surface area contributed by atoms with Crippen LogP contribution in [0.4, 0.5) is 0 Å². The first-order valence-corrected chi connectivity index (χ1v) is 7.31. The lowest BCUT2D eigenvalue weighted by Gasteiger charge is -2.19. The highest BCUT2D eigenvalue weighted by Crippen LogP contribution is 2.21. The molecule has 0 bridgehead atoms. The second-order valence-corrected chi connectivity index (χ2v) is 5.49. The highest BCUT2D eigenvalue weighted by Gasteiger charge is 2.13. The summed E-state index contributed by atoms with van der Waals surface area (Å²) in [4.78, 5) is 5.60. The van der Waals surface area contributed by atoms with E-state index in [4.69, 9.17) is 5.11 Å². The monoisotopic (exact) mass is 256 g/mol. The highest BCUT2D eigenvalue weighted by atomic mass is 32.1. The summed E-state index contributed by atoms with van der Waals surface area (Å²) in [5, 5.41) is 12.6. The number of hydrogen-bond donors (Lipinski definition) is 2. The summed E-state index contributed by atoms with van der Waals surface area (Å²) in [6, 6.07) is 0.362. The number of nitrogens with zero attached hydrogens (tertiary/aromatic N) is 1. The van der Waals surface area contributed by atoms with Crippen LogP contribution in [0.25, 0.3) is 0 Å². The zero-order chi connectivity index (χ0) is 12.7. The summed E-state index contributed by atoms with van der Waals surface area (Å²) in [6.07, 6.45) is 3.26. The number of hydrogen-bond acceptors (Lipinski definition) is 4. The van der Waals surface area contributed by atoms with Gasteiger partial charge in [0.25, 0.3) is 0 Å². The molecule has 0 aliphatic carbocycles. The third-order valence-corrected chi connectivity index (χ3v) is 4.24. The Morgan fingerprint density at radius 1 is 1.47 bits per heavy atom. The molecule has 17 heavy (non-hydrogen) atoms. The van der Waals surface area contributed by atoms with Crippen LogP contribution in [0.1, 0.15) is 49.7 Å². The number of aryl methyl sites for hydroxylation is 1. The number of aliphatic hydroxyl groups excluding tert-OH is 1. The third kappa shape index (κ3) is 4.74. The summed E-state index contributed by atoms with van der Waals surface area (Å²) in [6.45, 7) is 7.71. The molecule has 1 aromatic heterocycles. The molecule has 1 aromatic rings. The minimum atomic E-state index is 0.292. The molecule has 0 aromatic carbocycles. The van der Waals surface area contributed by atoms with E-state index in [0.29, 0.717) is 18.6 Å². The molecule has 0 saturated heterocycles. The van der Waals surface area contributed by atoms with E-state index in [1.165, 1.54) is 17.7 Å². The lowest BCUT2D eigenvalue weighted by molar-refractivity contribution is 0.246. The molecule has 4 heteroatoms. The second kappa shape index (κ2) is 7.80. The van der Waals surface area contributed by atoms with Crippen molar-refractivity contribution in [2.24, 2.45) is 5.92 Å². The van der Waals surface area contributed by atoms with Gasteiger partial charge in [-0.3, -0.25) is 0 Å². The summed E-state index contributed by atoms with van der Waals surface area (Å²) in [5.74, 6) is 0.584. The quantitative estimate of drug-likeness (QED) is 0.751. The summed E-state index contributed by atoms with van der Waals surface area (Å²) in [7, 11) is 0. The van der Waals surface area contributed by atoms with E-state index >= 15 is 0 Å². The first kappa shape index (κ1) is 14.6. The normalized spacial score (nSPS) is 14.8. The van der Waals surface area contributed by atoms with Gasteiger partial charge in [-0.1, -0.05) is 13.3 Å². The molecule has 2 unspecified atom stereocenters. The molecule has 3 nitrogen and oxygen atoms in total. The van der Waals surface area contributed by atoms with Crippen molar-refractivity contribution in [2.75, 3.05) is 13.2 Å². The SMILES string of the molecule is CCCC(CCO)CNC(C)c1scnc1C. The minimum absolute atomic E-state index is 0.292. The molecular formula is C13H24N2OS. The lowest BCUT2D eigenvalue weighted by atomic mass is 10.00. The van der Waals surface area contributed by atoms with Crippen LogP contribution in [0.2, 0.25) is 0 Å². The van der Waals surface area contributed by atoms with Crippen LogP contribution in [-0.4, -0.2) is 23.2 Å². The fraction of sp³-hybridized carbons (Fsp3) is 0.769. The number of thiazole rings is 1. The summed E-state index contributed by atoms with van der Waals surface area (Å²) >= 11 is 1.71. The smallest absolute Gasteiger partial charge is 0.0798 e. The second-order valence-electron chi connectivity index (χ2n) is 4.60. The van der Waals surface area contributed by atoms with Crippen LogP contribution in [0.15, 0.2) is 5.51 Å². The molecule has 0 spiro atoms. The van der Waals surface area contributed by atoms with Crippen molar-refractivity contribution in [2.45, 2.75) is 46.1 Å². The zero-order valence-corrected chi connectivity index (χ0v) is 11.9. The Morgan fingerprint density at radius 2 is 2.24 bits per heavy atom. The van der Waals surface area contributed by atoms with E-state index in [2.05, 4.69) is 31.1 Å². The average molecular weight is 256 g/mol. The van der Waals surface area contributed by atoms with E-state index in [-0.39, 0.29) is 0 Å². The van der Waals surface area contributed by atoms with E-state index in [9.17, 15) is 0 Å². The van der Waals surface area contributed by atoms with Gasteiger partial charge in [-0.25, -0.2) is 4.98 Å². The minimum Gasteiger partial charge on any atom is -0.396 e. The third-order valence-electron chi connectivity index (χ3n) is 3.12. The Balaban J connectivity index is 2.40. The van der Waals surface area contributed by atoms with Crippen LogP contribution in [0.3, 0.4) is 0 Å². The van der Waals surface area contributed by atoms with Crippen LogP contribution >= 0.6 is 11.3 Å². The fourth-order valence-corrected chi connectivity index (χ4v) is 2.94.